The number of unbranched alkanes of at least 4 members (excludes halogenated alkanes) is 38. The fourth-order valence-electron chi connectivity index (χ4n) is 9.59. The topological polar surface area (TPSA) is 78.9 Å². The third-order valence-electron chi connectivity index (χ3n) is 14.7. The molecule has 6 heteroatoms. The van der Waals surface area contributed by atoms with Gasteiger partial charge in [0.1, 0.15) is 13.2 Å². The average molecular weight is 1080 g/mol. The molecule has 0 aromatic carbocycles. The smallest absolute Gasteiger partial charge is 0.306 e. The van der Waals surface area contributed by atoms with E-state index in [0.29, 0.717) is 19.3 Å². The number of rotatable bonds is 61. The molecule has 0 aromatic rings. The molecule has 6 nitrogen and oxygen atoms in total. The fourth-order valence-corrected chi connectivity index (χ4v) is 9.59. The number of allylic oxidation sites excluding steroid dienone is 12. The SMILES string of the molecule is CCCCCC/C=C\C/C=C\CCCCCCCCCC(=O)OC(COC(=O)CCCCCCCCC/C=C\CCCCCCCCC)COC(=O)CCCCCCCCCC/C=C\C/C=C\C/C=C\CCCCCCC. The summed E-state index contributed by atoms with van der Waals surface area (Å²) in [4.78, 5) is 38.4. The molecule has 0 aromatic heterocycles. The maximum absolute atomic E-state index is 12.9. The highest BCUT2D eigenvalue weighted by atomic mass is 16.6. The summed E-state index contributed by atoms with van der Waals surface area (Å²) < 4.78 is 17.0. The maximum Gasteiger partial charge on any atom is 0.306 e. The minimum atomic E-state index is -0.787. The first kappa shape index (κ1) is 73.8. The molecule has 0 amide bonds. The zero-order chi connectivity index (χ0) is 55.7. The van der Waals surface area contributed by atoms with Gasteiger partial charge in [0.15, 0.2) is 6.10 Å². The van der Waals surface area contributed by atoms with Crippen LogP contribution in [-0.4, -0.2) is 37.2 Å². The molecule has 0 aliphatic rings. The predicted octanol–water partition coefficient (Wildman–Crippen LogP) is 22.9. The first-order valence-electron chi connectivity index (χ1n) is 33.4. The van der Waals surface area contributed by atoms with Crippen LogP contribution in [0, 0.1) is 0 Å². The molecular weight excluding hydrogens is 949 g/mol. The Morgan fingerprint density at radius 1 is 0.260 bits per heavy atom. The highest BCUT2D eigenvalue weighted by Gasteiger charge is 2.19. The van der Waals surface area contributed by atoms with Crippen molar-refractivity contribution in [2.75, 3.05) is 13.2 Å². The van der Waals surface area contributed by atoms with E-state index in [1.54, 1.807) is 0 Å². The van der Waals surface area contributed by atoms with Crippen LogP contribution in [0.25, 0.3) is 0 Å². The molecule has 446 valence electrons. The Morgan fingerprint density at radius 3 is 0.753 bits per heavy atom. The molecule has 0 bridgehead atoms. The number of ether oxygens (including phenoxy) is 3. The van der Waals surface area contributed by atoms with Crippen molar-refractivity contribution in [1.82, 2.24) is 0 Å². The summed E-state index contributed by atoms with van der Waals surface area (Å²) in [6, 6.07) is 0. The van der Waals surface area contributed by atoms with Crippen LogP contribution >= 0.6 is 0 Å². The van der Waals surface area contributed by atoms with Crippen molar-refractivity contribution in [1.29, 1.82) is 0 Å². The lowest BCUT2D eigenvalue weighted by Crippen LogP contribution is -2.30. The van der Waals surface area contributed by atoms with Gasteiger partial charge in [-0.3, -0.25) is 14.4 Å². The third-order valence-corrected chi connectivity index (χ3v) is 14.7. The Morgan fingerprint density at radius 2 is 0.468 bits per heavy atom. The van der Waals surface area contributed by atoms with Crippen LogP contribution in [-0.2, 0) is 28.6 Å². The largest absolute Gasteiger partial charge is 0.462 e. The molecule has 77 heavy (non-hydrogen) atoms. The van der Waals surface area contributed by atoms with Crippen LogP contribution in [0.4, 0.5) is 0 Å². The highest BCUT2D eigenvalue weighted by Crippen LogP contribution is 2.16. The van der Waals surface area contributed by atoms with Gasteiger partial charge in [0.05, 0.1) is 0 Å². The summed E-state index contributed by atoms with van der Waals surface area (Å²) in [7, 11) is 0. The minimum absolute atomic E-state index is 0.0819. The predicted molar refractivity (Wildman–Crippen MR) is 335 cm³/mol. The van der Waals surface area contributed by atoms with Crippen molar-refractivity contribution < 1.29 is 28.6 Å². The normalized spacial score (nSPS) is 12.5. The second-order valence-electron chi connectivity index (χ2n) is 22.4. The van der Waals surface area contributed by atoms with E-state index in [2.05, 4.69) is 93.7 Å². The van der Waals surface area contributed by atoms with Gasteiger partial charge in [0.2, 0.25) is 0 Å². The second-order valence-corrected chi connectivity index (χ2v) is 22.4. The Bertz CT molecular complexity index is 1420. The lowest BCUT2D eigenvalue weighted by Gasteiger charge is -2.18. The van der Waals surface area contributed by atoms with E-state index in [0.717, 1.165) is 89.9 Å². The van der Waals surface area contributed by atoms with Crippen molar-refractivity contribution in [2.45, 2.75) is 348 Å². The minimum Gasteiger partial charge on any atom is -0.462 e. The summed E-state index contributed by atoms with van der Waals surface area (Å²) in [5, 5.41) is 0. The second kappa shape index (κ2) is 65.4. The molecule has 1 atom stereocenters. The highest BCUT2D eigenvalue weighted by molar-refractivity contribution is 5.71. The molecule has 0 aliphatic heterocycles. The summed E-state index contributed by atoms with van der Waals surface area (Å²) >= 11 is 0. The van der Waals surface area contributed by atoms with Crippen LogP contribution < -0.4 is 0 Å². The number of carbonyl (C=O) groups excluding carboxylic acids is 3. The van der Waals surface area contributed by atoms with Gasteiger partial charge >= 0.3 is 17.9 Å². The van der Waals surface area contributed by atoms with E-state index < -0.39 is 6.10 Å². The zero-order valence-electron chi connectivity index (χ0n) is 51.2. The van der Waals surface area contributed by atoms with E-state index in [1.807, 2.05) is 0 Å². The van der Waals surface area contributed by atoms with Gasteiger partial charge in [-0.05, 0) is 116 Å². The molecule has 0 saturated carbocycles. The third kappa shape index (κ3) is 63.6. The van der Waals surface area contributed by atoms with Gasteiger partial charge in [-0.25, -0.2) is 0 Å². The van der Waals surface area contributed by atoms with Crippen molar-refractivity contribution in [3.63, 3.8) is 0 Å². The molecule has 0 saturated heterocycles. The summed E-state index contributed by atoms with van der Waals surface area (Å²) in [5.41, 5.74) is 0. The van der Waals surface area contributed by atoms with E-state index in [9.17, 15) is 14.4 Å². The number of hydrogen-bond donors (Lipinski definition) is 0. The average Bonchev–Trinajstić information content (AvgIpc) is 3.43. The lowest BCUT2D eigenvalue weighted by atomic mass is 10.1. The zero-order valence-corrected chi connectivity index (χ0v) is 51.2. The van der Waals surface area contributed by atoms with E-state index in [1.165, 1.54) is 212 Å². The first-order chi connectivity index (χ1) is 38.0. The molecule has 0 aliphatic carbocycles. The fraction of sp³-hybridized carbons (Fsp3) is 0.789. The molecule has 0 N–H and O–H groups in total. The Balaban J connectivity index is 4.39. The van der Waals surface area contributed by atoms with Gasteiger partial charge in [-0.1, -0.05) is 280 Å². The summed E-state index contributed by atoms with van der Waals surface area (Å²) in [6.45, 7) is 6.64. The molecule has 0 fully saturated rings. The monoisotopic (exact) mass is 1070 g/mol. The Hall–Kier alpha value is -3.15. The standard InChI is InChI=1S/C71H126O6/c1-4-7-10-13-16-19-22-25-28-31-34-35-36-37-38-41-43-46-49-52-55-58-61-64-70(73)76-67-68(77-71(74)65-62-59-56-53-50-47-44-40-33-30-27-24-21-18-15-12-9-6-3)66-75-69(72)63-60-57-54-51-48-45-42-39-32-29-26-23-20-17-14-11-8-5-2/h21-22,24-25,29-34,36-37,68H,4-20,23,26-28,35,38-67H2,1-3H3/b24-21-,25-22-,32-29-,33-30-,34-31-,37-36-. The number of hydrogen-bond acceptors (Lipinski definition) is 6. The van der Waals surface area contributed by atoms with E-state index in [4.69, 9.17) is 14.2 Å². The van der Waals surface area contributed by atoms with Gasteiger partial charge in [-0.2, -0.15) is 0 Å². The molecule has 0 heterocycles. The van der Waals surface area contributed by atoms with E-state index >= 15 is 0 Å². The van der Waals surface area contributed by atoms with Crippen LogP contribution in [0.1, 0.15) is 342 Å². The van der Waals surface area contributed by atoms with Crippen LogP contribution in [0.3, 0.4) is 0 Å². The van der Waals surface area contributed by atoms with Crippen LogP contribution in [0.5, 0.6) is 0 Å². The first-order valence-corrected chi connectivity index (χ1v) is 33.4. The molecule has 1 unspecified atom stereocenters. The van der Waals surface area contributed by atoms with Crippen LogP contribution in [0.15, 0.2) is 72.9 Å². The van der Waals surface area contributed by atoms with Crippen molar-refractivity contribution in [3.05, 3.63) is 72.9 Å². The van der Waals surface area contributed by atoms with Crippen LogP contribution in [0.2, 0.25) is 0 Å². The van der Waals surface area contributed by atoms with Crippen molar-refractivity contribution >= 4 is 17.9 Å². The number of esters is 3. The van der Waals surface area contributed by atoms with Crippen molar-refractivity contribution in [2.24, 2.45) is 0 Å². The quantitative estimate of drug-likeness (QED) is 0.0261. The maximum atomic E-state index is 12.9. The van der Waals surface area contributed by atoms with Gasteiger partial charge in [0, 0.05) is 19.3 Å². The lowest BCUT2D eigenvalue weighted by molar-refractivity contribution is -0.167. The molecule has 0 rings (SSSR count). The molecule has 0 spiro atoms. The summed E-state index contributed by atoms with van der Waals surface area (Å²) in [6.07, 6.45) is 84.7. The van der Waals surface area contributed by atoms with Gasteiger partial charge < -0.3 is 14.2 Å². The Labute approximate surface area is 478 Å². The van der Waals surface area contributed by atoms with Crippen molar-refractivity contribution in [3.8, 4) is 0 Å². The molecule has 0 radical (unpaired) electrons. The van der Waals surface area contributed by atoms with E-state index in [-0.39, 0.29) is 31.1 Å². The number of carbonyl (C=O) groups is 3. The van der Waals surface area contributed by atoms with Gasteiger partial charge in [0.25, 0.3) is 0 Å². The Kier molecular flexibility index (Phi) is 62.7. The molecular formula is C71H126O6. The summed E-state index contributed by atoms with van der Waals surface area (Å²) in [5.74, 6) is -0.885. The van der Waals surface area contributed by atoms with Gasteiger partial charge in [-0.15, -0.1) is 0 Å².